The lowest BCUT2D eigenvalue weighted by Gasteiger charge is -2.17. The maximum Gasteiger partial charge on any atom is 0.416 e. The number of hydrogen-bond donors (Lipinski definition) is 2. The minimum Gasteiger partial charge on any atom is -0.482 e. The van der Waals surface area contributed by atoms with Gasteiger partial charge in [0, 0.05) is 23.5 Å². The lowest BCUT2D eigenvalue weighted by Crippen LogP contribution is -2.14. The van der Waals surface area contributed by atoms with Gasteiger partial charge in [-0.25, -0.2) is 4.98 Å². The van der Waals surface area contributed by atoms with Gasteiger partial charge in [-0.05, 0) is 42.8 Å². The van der Waals surface area contributed by atoms with Crippen LogP contribution in [0.3, 0.4) is 0 Å². The molecule has 0 bridgehead atoms. The number of aromatic nitrogens is 1. The number of anilines is 2. The molecule has 0 radical (unpaired) electrons. The van der Waals surface area contributed by atoms with Crippen LogP contribution in [0.4, 0.5) is 24.7 Å². The van der Waals surface area contributed by atoms with E-state index in [9.17, 15) is 18.0 Å². The Morgan fingerprint density at radius 1 is 1.17 bits per heavy atom. The van der Waals surface area contributed by atoms with Crippen molar-refractivity contribution in [2.45, 2.75) is 19.2 Å². The Hall–Kier alpha value is -3.26. The molecule has 0 spiro atoms. The van der Waals surface area contributed by atoms with Gasteiger partial charge in [0.25, 0.3) is 5.91 Å². The first-order chi connectivity index (χ1) is 14.1. The van der Waals surface area contributed by atoms with Crippen molar-refractivity contribution in [2.24, 2.45) is 0 Å². The second-order valence-corrected chi connectivity index (χ2v) is 6.89. The number of ether oxygens (including phenoxy) is 1. The van der Waals surface area contributed by atoms with Crippen molar-refractivity contribution in [2.75, 3.05) is 11.1 Å². The van der Waals surface area contributed by atoms with Gasteiger partial charge >= 0.3 is 6.18 Å². The number of halogens is 4. The molecule has 3 rings (SSSR count). The second kappa shape index (κ2) is 8.62. The van der Waals surface area contributed by atoms with E-state index in [4.69, 9.17) is 22.1 Å². The quantitative estimate of drug-likeness (QED) is 0.536. The molecule has 5 nitrogen and oxygen atoms in total. The first-order valence-electron chi connectivity index (χ1n) is 8.80. The van der Waals surface area contributed by atoms with E-state index >= 15 is 0 Å². The highest BCUT2D eigenvalue weighted by Crippen LogP contribution is 2.31. The Balaban J connectivity index is 1.75. The third kappa shape index (κ3) is 5.21. The van der Waals surface area contributed by atoms with E-state index in [2.05, 4.69) is 10.3 Å². The fourth-order valence-electron chi connectivity index (χ4n) is 2.69. The van der Waals surface area contributed by atoms with E-state index in [-0.39, 0.29) is 11.4 Å². The SMILES string of the molecule is CC(Oc1cc(Cl)cnc1N)c1cccc(NC(=O)c2cccc(C(F)(F)F)c2)c1. The van der Waals surface area contributed by atoms with Crippen LogP contribution in [0, 0.1) is 0 Å². The Morgan fingerprint density at radius 3 is 2.63 bits per heavy atom. The smallest absolute Gasteiger partial charge is 0.416 e. The summed E-state index contributed by atoms with van der Waals surface area (Å²) in [5.41, 5.74) is 5.91. The molecule has 3 aromatic rings. The molecule has 0 aliphatic rings. The van der Waals surface area contributed by atoms with Crippen molar-refractivity contribution >= 4 is 29.0 Å². The van der Waals surface area contributed by atoms with Crippen molar-refractivity contribution in [3.05, 3.63) is 82.5 Å². The van der Waals surface area contributed by atoms with Crippen LogP contribution >= 0.6 is 11.6 Å². The van der Waals surface area contributed by atoms with Crippen LogP contribution in [-0.4, -0.2) is 10.9 Å². The molecule has 9 heteroatoms. The van der Waals surface area contributed by atoms with Crippen LogP contribution in [0.5, 0.6) is 5.75 Å². The number of pyridine rings is 1. The molecule has 0 aliphatic carbocycles. The summed E-state index contributed by atoms with van der Waals surface area (Å²) in [5.74, 6) is -0.163. The molecule has 2 aromatic carbocycles. The van der Waals surface area contributed by atoms with Crippen LogP contribution in [0.2, 0.25) is 5.02 Å². The monoisotopic (exact) mass is 435 g/mol. The van der Waals surface area contributed by atoms with Gasteiger partial charge in [-0.1, -0.05) is 29.8 Å². The number of carbonyl (C=O) groups is 1. The molecule has 1 amide bonds. The van der Waals surface area contributed by atoms with Crippen LogP contribution in [-0.2, 0) is 6.18 Å². The summed E-state index contributed by atoms with van der Waals surface area (Å²) in [5, 5.41) is 2.97. The normalized spacial score (nSPS) is 12.3. The van der Waals surface area contributed by atoms with Crippen LogP contribution in [0.25, 0.3) is 0 Å². The number of nitrogen functional groups attached to an aromatic ring is 1. The predicted molar refractivity (Wildman–Crippen MR) is 109 cm³/mol. The zero-order valence-electron chi connectivity index (χ0n) is 15.7. The average molecular weight is 436 g/mol. The standard InChI is InChI=1S/C21H17ClF3N3O2/c1-12(30-18-10-16(22)11-27-19(18)26)13-4-3-7-17(9-13)28-20(29)14-5-2-6-15(8-14)21(23,24)25/h2-12H,1H3,(H2,26,27)(H,28,29). The van der Waals surface area contributed by atoms with E-state index in [1.54, 1.807) is 37.3 Å². The molecule has 1 aromatic heterocycles. The van der Waals surface area contributed by atoms with Gasteiger partial charge in [-0.3, -0.25) is 4.79 Å². The van der Waals surface area contributed by atoms with E-state index in [0.717, 1.165) is 12.1 Å². The van der Waals surface area contributed by atoms with Crippen LogP contribution in [0.1, 0.15) is 34.5 Å². The van der Waals surface area contributed by atoms with Crippen molar-refractivity contribution in [1.82, 2.24) is 4.98 Å². The number of nitrogens with zero attached hydrogens (tertiary/aromatic N) is 1. The Bertz CT molecular complexity index is 1070. The van der Waals surface area contributed by atoms with Crippen LogP contribution < -0.4 is 15.8 Å². The van der Waals surface area contributed by atoms with E-state index in [0.29, 0.717) is 22.0 Å². The fourth-order valence-corrected chi connectivity index (χ4v) is 2.84. The van der Waals surface area contributed by atoms with E-state index in [1.807, 2.05) is 0 Å². The number of carbonyl (C=O) groups excluding carboxylic acids is 1. The molecule has 1 unspecified atom stereocenters. The minimum absolute atomic E-state index is 0.0997. The first-order valence-corrected chi connectivity index (χ1v) is 9.17. The Labute approximate surface area is 175 Å². The summed E-state index contributed by atoms with van der Waals surface area (Å²) in [6.07, 6.45) is -3.59. The lowest BCUT2D eigenvalue weighted by atomic mass is 10.1. The third-order valence-corrected chi connectivity index (χ3v) is 4.42. The van der Waals surface area contributed by atoms with Gasteiger partial charge in [-0.2, -0.15) is 13.2 Å². The molecule has 3 N–H and O–H groups in total. The van der Waals surface area contributed by atoms with Crippen LogP contribution in [0.15, 0.2) is 60.8 Å². The van der Waals surface area contributed by atoms with Gasteiger partial charge in [0.1, 0.15) is 6.10 Å². The van der Waals surface area contributed by atoms with E-state index in [1.165, 1.54) is 18.3 Å². The van der Waals surface area contributed by atoms with Crippen molar-refractivity contribution in [3.63, 3.8) is 0 Å². The van der Waals surface area contributed by atoms with E-state index < -0.39 is 23.8 Å². The molecule has 0 fully saturated rings. The van der Waals surface area contributed by atoms with Gasteiger partial charge in [-0.15, -0.1) is 0 Å². The lowest BCUT2D eigenvalue weighted by molar-refractivity contribution is -0.137. The third-order valence-electron chi connectivity index (χ3n) is 4.22. The molecule has 1 atom stereocenters. The number of rotatable bonds is 5. The average Bonchev–Trinajstić information content (AvgIpc) is 2.70. The molecular weight excluding hydrogens is 419 g/mol. The molecule has 0 saturated carbocycles. The summed E-state index contributed by atoms with van der Waals surface area (Å²) < 4.78 is 44.4. The molecule has 0 aliphatic heterocycles. The predicted octanol–water partition coefficient (Wildman–Crippen LogP) is 5.73. The number of hydrogen-bond acceptors (Lipinski definition) is 4. The maximum atomic E-state index is 12.9. The fraction of sp³-hybridized carbons (Fsp3) is 0.143. The Kier molecular flexibility index (Phi) is 6.17. The minimum atomic E-state index is -4.53. The van der Waals surface area contributed by atoms with Gasteiger partial charge in [0.2, 0.25) is 0 Å². The van der Waals surface area contributed by atoms with Gasteiger partial charge in [0.15, 0.2) is 11.6 Å². The number of nitrogens with two attached hydrogens (primary N) is 1. The Morgan fingerprint density at radius 2 is 1.90 bits per heavy atom. The number of alkyl halides is 3. The molecule has 0 saturated heterocycles. The highest BCUT2D eigenvalue weighted by atomic mass is 35.5. The summed E-state index contributed by atoms with van der Waals surface area (Å²) in [6.45, 7) is 1.77. The maximum absolute atomic E-state index is 12.9. The summed E-state index contributed by atoms with van der Waals surface area (Å²) >= 11 is 5.91. The molecule has 156 valence electrons. The topological polar surface area (TPSA) is 77.2 Å². The van der Waals surface area contributed by atoms with Crippen molar-refractivity contribution < 1.29 is 22.7 Å². The van der Waals surface area contributed by atoms with Gasteiger partial charge < -0.3 is 15.8 Å². The molecular formula is C21H17ClF3N3O2. The first kappa shape index (κ1) is 21.4. The molecule has 1 heterocycles. The second-order valence-electron chi connectivity index (χ2n) is 6.46. The number of amides is 1. The highest BCUT2D eigenvalue weighted by molar-refractivity contribution is 6.30. The number of benzene rings is 2. The zero-order valence-corrected chi connectivity index (χ0v) is 16.5. The summed E-state index contributed by atoms with van der Waals surface area (Å²) in [4.78, 5) is 16.3. The van der Waals surface area contributed by atoms with Crippen molar-refractivity contribution in [1.29, 1.82) is 0 Å². The molecule has 30 heavy (non-hydrogen) atoms. The summed E-state index contributed by atoms with van der Waals surface area (Å²) in [6, 6.07) is 12.5. The van der Waals surface area contributed by atoms with Gasteiger partial charge in [0.05, 0.1) is 10.6 Å². The summed E-state index contributed by atoms with van der Waals surface area (Å²) in [7, 11) is 0. The van der Waals surface area contributed by atoms with Crippen molar-refractivity contribution in [3.8, 4) is 5.75 Å². The highest BCUT2D eigenvalue weighted by Gasteiger charge is 2.30. The zero-order chi connectivity index (χ0) is 21.9. The number of nitrogens with one attached hydrogen (secondary N) is 1. The largest absolute Gasteiger partial charge is 0.482 e.